The van der Waals surface area contributed by atoms with Crippen molar-refractivity contribution in [3.05, 3.63) is 71.2 Å². The molecule has 2 aromatic carbocycles. The molecule has 152 valence electrons. The summed E-state index contributed by atoms with van der Waals surface area (Å²) < 4.78 is 41.7. The van der Waals surface area contributed by atoms with E-state index in [0.29, 0.717) is 37.6 Å². The third-order valence-corrected chi connectivity index (χ3v) is 7.48. The van der Waals surface area contributed by atoms with Gasteiger partial charge in [-0.25, -0.2) is 12.8 Å². The Bertz CT molecular complexity index is 1160. The van der Waals surface area contributed by atoms with Crippen LogP contribution in [0.4, 0.5) is 4.39 Å². The van der Waals surface area contributed by atoms with Crippen molar-refractivity contribution in [3.8, 4) is 0 Å². The first kappa shape index (κ1) is 19.9. The van der Waals surface area contributed by atoms with Crippen LogP contribution in [0, 0.1) is 19.7 Å². The lowest BCUT2D eigenvalue weighted by Crippen LogP contribution is -2.48. The fourth-order valence-corrected chi connectivity index (χ4v) is 5.57. The molecule has 29 heavy (non-hydrogen) atoms. The van der Waals surface area contributed by atoms with E-state index in [4.69, 9.17) is 0 Å². The Morgan fingerprint density at radius 2 is 1.79 bits per heavy atom. The Hall–Kier alpha value is -2.35. The summed E-state index contributed by atoms with van der Waals surface area (Å²) in [6.07, 6.45) is 1.71. The number of rotatable bonds is 4. The molecule has 1 saturated heterocycles. The number of aryl methyl sites for hydroxylation is 2. The second-order valence-electron chi connectivity index (χ2n) is 7.59. The van der Waals surface area contributed by atoms with E-state index < -0.39 is 10.0 Å². The van der Waals surface area contributed by atoms with Crippen LogP contribution in [0.25, 0.3) is 10.9 Å². The van der Waals surface area contributed by atoms with E-state index in [9.17, 15) is 12.8 Å². The smallest absolute Gasteiger partial charge is 0.243 e. The van der Waals surface area contributed by atoms with Crippen LogP contribution in [0.15, 0.2) is 53.6 Å². The highest BCUT2D eigenvalue weighted by molar-refractivity contribution is 7.89. The summed E-state index contributed by atoms with van der Waals surface area (Å²) in [7, 11) is -3.52. The first-order valence-corrected chi connectivity index (χ1v) is 11.1. The Morgan fingerprint density at radius 3 is 2.55 bits per heavy atom. The quantitative estimate of drug-likeness (QED) is 0.657. The summed E-state index contributed by atoms with van der Waals surface area (Å²) in [5, 5.41) is 0.777. The van der Waals surface area contributed by atoms with Crippen molar-refractivity contribution in [2.45, 2.75) is 25.3 Å². The largest absolute Gasteiger partial charge is 0.296 e. The number of sulfonamides is 1. The number of benzene rings is 2. The van der Waals surface area contributed by atoms with Gasteiger partial charge in [0, 0.05) is 44.3 Å². The number of piperazine rings is 1. The van der Waals surface area contributed by atoms with E-state index in [-0.39, 0.29) is 5.82 Å². The zero-order valence-electron chi connectivity index (χ0n) is 16.6. The molecular weight excluding hydrogens is 389 g/mol. The maximum atomic E-state index is 14.0. The molecule has 1 fully saturated rings. The van der Waals surface area contributed by atoms with E-state index >= 15 is 0 Å². The monoisotopic (exact) mass is 413 g/mol. The van der Waals surface area contributed by atoms with E-state index in [1.54, 1.807) is 22.6 Å². The number of aromatic nitrogens is 1. The van der Waals surface area contributed by atoms with Crippen molar-refractivity contribution in [1.29, 1.82) is 0 Å². The molecule has 5 nitrogen and oxygen atoms in total. The van der Waals surface area contributed by atoms with Crippen molar-refractivity contribution < 1.29 is 12.8 Å². The van der Waals surface area contributed by atoms with Gasteiger partial charge >= 0.3 is 0 Å². The zero-order valence-corrected chi connectivity index (χ0v) is 17.4. The summed E-state index contributed by atoms with van der Waals surface area (Å²) in [6.45, 7) is 6.28. The highest BCUT2D eigenvalue weighted by atomic mass is 32.2. The Kier molecular flexibility index (Phi) is 5.38. The van der Waals surface area contributed by atoms with Gasteiger partial charge in [-0.1, -0.05) is 18.2 Å². The molecule has 0 saturated carbocycles. The predicted octanol–water partition coefficient (Wildman–Crippen LogP) is 3.50. The minimum absolute atomic E-state index is 0.281. The van der Waals surface area contributed by atoms with Gasteiger partial charge < -0.3 is 0 Å². The Morgan fingerprint density at radius 1 is 1.03 bits per heavy atom. The molecule has 0 spiro atoms. The molecule has 2 heterocycles. The molecule has 0 N–H and O–H groups in total. The van der Waals surface area contributed by atoms with Crippen LogP contribution in [0.3, 0.4) is 0 Å². The second-order valence-corrected chi connectivity index (χ2v) is 9.50. The molecular formula is C22H24FN3O2S. The van der Waals surface area contributed by atoms with Gasteiger partial charge in [0.05, 0.1) is 10.4 Å². The van der Waals surface area contributed by atoms with Gasteiger partial charge in [-0.2, -0.15) is 4.31 Å². The van der Waals surface area contributed by atoms with Gasteiger partial charge in [-0.05, 0) is 54.8 Å². The number of halogens is 1. The Labute approximate surface area is 170 Å². The maximum absolute atomic E-state index is 14.0. The van der Waals surface area contributed by atoms with Gasteiger partial charge in [0.2, 0.25) is 10.0 Å². The standard InChI is InChI=1S/C22H24FN3O2S/c1-16-5-6-17(2)21(12-16)29(27,28)26-10-8-25(9-11-26)15-19-14-20(23)13-18-4-3-7-24-22(18)19/h3-7,12-14H,8-11,15H2,1-2H3. The van der Waals surface area contributed by atoms with Gasteiger partial charge in [0.25, 0.3) is 0 Å². The molecule has 1 aliphatic rings. The number of hydrogen-bond acceptors (Lipinski definition) is 4. The molecule has 0 radical (unpaired) electrons. The van der Waals surface area contributed by atoms with Crippen LogP contribution < -0.4 is 0 Å². The van der Waals surface area contributed by atoms with Crippen LogP contribution in [0.2, 0.25) is 0 Å². The van der Waals surface area contributed by atoms with Gasteiger partial charge in [-0.3, -0.25) is 9.88 Å². The van der Waals surface area contributed by atoms with Crippen LogP contribution in [0.5, 0.6) is 0 Å². The van der Waals surface area contributed by atoms with Crippen molar-refractivity contribution >= 4 is 20.9 Å². The van der Waals surface area contributed by atoms with Gasteiger partial charge in [0.1, 0.15) is 5.82 Å². The fourth-order valence-electron chi connectivity index (χ4n) is 3.84. The number of fused-ring (bicyclic) bond motifs is 1. The van der Waals surface area contributed by atoms with Crippen molar-refractivity contribution in [3.63, 3.8) is 0 Å². The lowest BCUT2D eigenvalue weighted by Gasteiger charge is -2.34. The van der Waals surface area contributed by atoms with Crippen LogP contribution in [0.1, 0.15) is 16.7 Å². The predicted molar refractivity (Wildman–Crippen MR) is 112 cm³/mol. The number of pyridine rings is 1. The molecule has 0 aliphatic carbocycles. The third kappa shape index (κ3) is 4.03. The van der Waals surface area contributed by atoms with E-state index in [0.717, 1.165) is 27.6 Å². The molecule has 1 aromatic heterocycles. The van der Waals surface area contributed by atoms with Gasteiger partial charge in [-0.15, -0.1) is 0 Å². The summed E-state index contributed by atoms with van der Waals surface area (Å²) in [5.74, 6) is -0.281. The number of hydrogen-bond donors (Lipinski definition) is 0. The van der Waals surface area contributed by atoms with Crippen LogP contribution in [-0.4, -0.2) is 48.8 Å². The van der Waals surface area contributed by atoms with E-state index in [1.165, 1.54) is 12.1 Å². The maximum Gasteiger partial charge on any atom is 0.243 e. The van der Waals surface area contributed by atoms with Gasteiger partial charge in [0.15, 0.2) is 0 Å². The molecule has 0 unspecified atom stereocenters. The normalized spacial score (nSPS) is 16.4. The zero-order chi connectivity index (χ0) is 20.6. The number of nitrogens with zero attached hydrogens (tertiary/aromatic N) is 3. The van der Waals surface area contributed by atoms with E-state index in [1.807, 2.05) is 32.0 Å². The molecule has 7 heteroatoms. The van der Waals surface area contributed by atoms with Crippen LogP contribution in [-0.2, 0) is 16.6 Å². The van der Waals surface area contributed by atoms with Crippen molar-refractivity contribution in [2.75, 3.05) is 26.2 Å². The molecule has 1 aliphatic heterocycles. The first-order valence-electron chi connectivity index (χ1n) is 9.67. The minimum atomic E-state index is -3.52. The highest BCUT2D eigenvalue weighted by Gasteiger charge is 2.29. The molecule has 3 aromatic rings. The molecule has 0 atom stereocenters. The molecule has 0 amide bonds. The summed E-state index contributed by atoms with van der Waals surface area (Å²) >= 11 is 0. The lowest BCUT2D eigenvalue weighted by atomic mass is 10.1. The average molecular weight is 414 g/mol. The van der Waals surface area contributed by atoms with Crippen LogP contribution >= 0.6 is 0 Å². The topological polar surface area (TPSA) is 53.5 Å². The second kappa shape index (κ2) is 7.82. The first-order chi connectivity index (χ1) is 13.8. The average Bonchev–Trinajstić information content (AvgIpc) is 2.70. The van der Waals surface area contributed by atoms with E-state index in [2.05, 4.69) is 9.88 Å². The highest BCUT2D eigenvalue weighted by Crippen LogP contribution is 2.24. The Balaban J connectivity index is 1.50. The third-order valence-electron chi connectivity index (χ3n) is 5.44. The van der Waals surface area contributed by atoms with Crippen molar-refractivity contribution in [1.82, 2.24) is 14.2 Å². The summed E-state index contributed by atoms with van der Waals surface area (Å²) in [4.78, 5) is 6.93. The SMILES string of the molecule is Cc1ccc(C)c(S(=O)(=O)N2CCN(Cc3cc(F)cc4cccnc34)CC2)c1. The molecule has 0 bridgehead atoms. The minimum Gasteiger partial charge on any atom is -0.296 e. The fraction of sp³-hybridized carbons (Fsp3) is 0.318. The van der Waals surface area contributed by atoms with Crippen molar-refractivity contribution in [2.24, 2.45) is 0 Å². The summed E-state index contributed by atoms with van der Waals surface area (Å²) in [5.41, 5.74) is 3.31. The lowest BCUT2D eigenvalue weighted by molar-refractivity contribution is 0.182. The molecule has 4 rings (SSSR count). The summed E-state index contributed by atoms with van der Waals surface area (Å²) in [6, 6.07) is 12.2.